The molecule has 1 aromatic carbocycles. The fourth-order valence-corrected chi connectivity index (χ4v) is 3.45. The smallest absolute Gasteiger partial charge is 0.311 e. The van der Waals surface area contributed by atoms with Crippen molar-refractivity contribution in [3.63, 3.8) is 0 Å². The van der Waals surface area contributed by atoms with Crippen LogP contribution in [-0.2, 0) is 22.4 Å². The molecular formula is C25H42O2. The quantitative estimate of drug-likeness (QED) is 0.271. The monoisotopic (exact) mass is 374 g/mol. The minimum absolute atomic E-state index is 0.0691. The molecule has 2 nitrogen and oxygen atoms in total. The second kappa shape index (κ2) is 11.5. The van der Waals surface area contributed by atoms with Crippen molar-refractivity contribution in [1.82, 2.24) is 0 Å². The van der Waals surface area contributed by atoms with Crippen molar-refractivity contribution in [3.8, 4) is 0 Å². The Balaban J connectivity index is 2.42. The molecule has 27 heavy (non-hydrogen) atoms. The van der Waals surface area contributed by atoms with E-state index in [0.717, 1.165) is 25.7 Å². The summed E-state index contributed by atoms with van der Waals surface area (Å²) in [6.45, 7) is 13.4. The van der Waals surface area contributed by atoms with Gasteiger partial charge < -0.3 is 4.74 Å². The van der Waals surface area contributed by atoms with Gasteiger partial charge >= 0.3 is 5.97 Å². The molecule has 0 radical (unpaired) electrons. The van der Waals surface area contributed by atoms with Crippen molar-refractivity contribution >= 4 is 5.97 Å². The van der Waals surface area contributed by atoms with Gasteiger partial charge in [0.05, 0.1) is 12.0 Å². The van der Waals surface area contributed by atoms with Gasteiger partial charge in [0, 0.05) is 0 Å². The average Bonchev–Trinajstić information content (AvgIpc) is 2.63. The molecule has 0 bridgehead atoms. The molecule has 0 unspecified atom stereocenters. The molecule has 0 aliphatic heterocycles. The summed E-state index contributed by atoms with van der Waals surface area (Å²) in [6, 6.07) is 8.89. The van der Waals surface area contributed by atoms with Crippen molar-refractivity contribution < 1.29 is 9.53 Å². The molecule has 0 N–H and O–H groups in total. The average molecular weight is 375 g/mol. The number of carbonyl (C=O) groups is 1. The SMILES string of the molecule is CCOC(=O)C(C)(C)CCCCc1ccccc1CCCCC(C)(C)CC. The molecule has 154 valence electrons. The van der Waals surface area contributed by atoms with Crippen LogP contribution in [0.4, 0.5) is 0 Å². The van der Waals surface area contributed by atoms with Crippen LogP contribution in [0.2, 0.25) is 0 Å². The van der Waals surface area contributed by atoms with Crippen LogP contribution < -0.4 is 0 Å². The Bertz CT molecular complexity index is 557. The Hall–Kier alpha value is -1.31. The molecule has 0 spiro atoms. The van der Waals surface area contributed by atoms with Crippen molar-refractivity contribution in [2.45, 2.75) is 99.3 Å². The second-order valence-corrected chi connectivity index (χ2v) is 9.31. The van der Waals surface area contributed by atoms with Gasteiger partial charge in [-0.25, -0.2) is 0 Å². The van der Waals surface area contributed by atoms with Gasteiger partial charge in [0.15, 0.2) is 0 Å². The van der Waals surface area contributed by atoms with E-state index in [4.69, 9.17) is 4.74 Å². The van der Waals surface area contributed by atoms with E-state index in [2.05, 4.69) is 45.0 Å². The molecule has 1 rings (SSSR count). The van der Waals surface area contributed by atoms with Crippen LogP contribution >= 0.6 is 0 Å². The normalized spacial score (nSPS) is 12.2. The van der Waals surface area contributed by atoms with Crippen LogP contribution in [0, 0.1) is 10.8 Å². The zero-order valence-corrected chi connectivity index (χ0v) is 18.7. The third-order valence-electron chi connectivity index (χ3n) is 5.95. The van der Waals surface area contributed by atoms with Crippen LogP contribution in [0.1, 0.15) is 97.6 Å². The molecule has 0 saturated carbocycles. The lowest BCUT2D eigenvalue weighted by atomic mass is 9.84. The van der Waals surface area contributed by atoms with Crippen molar-refractivity contribution in [1.29, 1.82) is 0 Å². The molecule has 0 heterocycles. The van der Waals surface area contributed by atoms with Crippen molar-refractivity contribution in [2.75, 3.05) is 6.61 Å². The number of unbranched alkanes of at least 4 members (excludes halogenated alkanes) is 2. The third kappa shape index (κ3) is 8.95. The fourth-order valence-electron chi connectivity index (χ4n) is 3.45. The maximum Gasteiger partial charge on any atom is 0.311 e. The minimum atomic E-state index is -0.373. The van der Waals surface area contributed by atoms with Gasteiger partial charge in [0.2, 0.25) is 0 Å². The first-order valence-corrected chi connectivity index (χ1v) is 11.0. The van der Waals surface area contributed by atoms with E-state index in [0.29, 0.717) is 12.0 Å². The first-order chi connectivity index (χ1) is 12.7. The highest BCUT2D eigenvalue weighted by molar-refractivity contribution is 5.75. The minimum Gasteiger partial charge on any atom is -0.466 e. The van der Waals surface area contributed by atoms with Crippen LogP contribution in [0.3, 0.4) is 0 Å². The second-order valence-electron chi connectivity index (χ2n) is 9.31. The Kier molecular flexibility index (Phi) is 10.1. The standard InChI is InChI=1S/C25H42O2/c1-7-24(3,4)19-13-11-17-21-15-9-10-16-22(21)18-12-14-20-25(5,6)23(26)27-8-2/h9-10,15-16H,7-8,11-14,17-20H2,1-6H3. The summed E-state index contributed by atoms with van der Waals surface area (Å²) in [5.41, 5.74) is 3.10. The van der Waals surface area contributed by atoms with Gasteiger partial charge in [0.25, 0.3) is 0 Å². The lowest BCUT2D eigenvalue weighted by molar-refractivity contribution is -0.153. The molecule has 0 atom stereocenters. The van der Waals surface area contributed by atoms with E-state index in [1.165, 1.54) is 43.2 Å². The van der Waals surface area contributed by atoms with Crippen molar-refractivity contribution in [3.05, 3.63) is 35.4 Å². The van der Waals surface area contributed by atoms with Crippen LogP contribution in [0.15, 0.2) is 24.3 Å². The highest BCUT2D eigenvalue weighted by Crippen LogP contribution is 2.28. The summed E-state index contributed by atoms with van der Waals surface area (Å²) in [6.07, 6.45) is 10.5. The molecule has 0 aliphatic rings. The van der Waals surface area contributed by atoms with Gasteiger partial charge in [-0.15, -0.1) is 0 Å². The fraction of sp³-hybridized carbons (Fsp3) is 0.720. The zero-order chi connectivity index (χ0) is 20.3. The Labute approximate surface area is 168 Å². The van der Waals surface area contributed by atoms with E-state index in [-0.39, 0.29) is 11.4 Å². The number of hydrogen-bond acceptors (Lipinski definition) is 2. The predicted molar refractivity (Wildman–Crippen MR) is 116 cm³/mol. The van der Waals surface area contributed by atoms with E-state index in [1.54, 1.807) is 0 Å². The number of esters is 1. The number of benzene rings is 1. The van der Waals surface area contributed by atoms with Crippen LogP contribution in [0.5, 0.6) is 0 Å². The summed E-state index contributed by atoms with van der Waals surface area (Å²) in [4.78, 5) is 12.0. The summed E-state index contributed by atoms with van der Waals surface area (Å²) in [5, 5.41) is 0. The molecule has 2 heteroatoms. The maximum atomic E-state index is 12.0. The van der Waals surface area contributed by atoms with Gasteiger partial charge in [-0.2, -0.15) is 0 Å². The summed E-state index contributed by atoms with van der Waals surface area (Å²) in [7, 11) is 0. The lowest BCUT2D eigenvalue weighted by Crippen LogP contribution is -2.26. The molecule has 0 aliphatic carbocycles. The molecule has 0 amide bonds. The Morgan fingerprint density at radius 3 is 1.85 bits per heavy atom. The first-order valence-electron chi connectivity index (χ1n) is 11.0. The van der Waals surface area contributed by atoms with E-state index in [1.807, 2.05) is 20.8 Å². The maximum absolute atomic E-state index is 12.0. The molecule has 1 aromatic rings. The molecular weight excluding hydrogens is 332 g/mol. The van der Waals surface area contributed by atoms with Gasteiger partial charge in [-0.05, 0) is 75.8 Å². The number of hydrogen-bond donors (Lipinski definition) is 0. The Morgan fingerprint density at radius 2 is 1.37 bits per heavy atom. The number of carbonyl (C=O) groups excluding carboxylic acids is 1. The number of aryl methyl sites for hydroxylation is 2. The molecule has 0 fully saturated rings. The highest BCUT2D eigenvalue weighted by Gasteiger charge is 2.28. The van der Waals surface area contributed by atoms with E-state index >= 15 is 0 Å². The summed E-state index contributed by atoms with van der Waals surface area (Å²) < 4.78 is 5.19. The summed E-state index contributed by atoms with van der Waals surface area (Å²) in [5.74, 6) is -0.0691. The third-order valence-corrected chi connectivity index (χ3v) is 5.95. The van der Waals surface area contributed by atoms with Gasteiger partial charge in [-0.1, -0.05) is 64.3 Å². The topological polar surface area (TPSA) is 26.3 Å². The largest absolute Gasteiger partial charge is 0.466 e. The van der Waals surface area contributed by atoms with Crippen molar-refractivity contribution in [2.24, 2.45) is 10.8 Å². The van der Waals surface area contributed by atoms with E-state index in [9.17, 15) is 4.79 Å². The van der Waals surface area contributed by atoms with Gasteiger partial charge in [-0.3, -0.25) is 4.79 Å². The molecule has 0 aromatic heterocycles. The van der Waals surface area contributed by atoms with Crippen LogP contribution in [-0.4, -0.2) is 12.6 Å². The summed E-state index contributed by atoms with van der Waals surface area (Å²) >= 11 is 0. The number of rotatable bonds is 13. The molecule has 0 saturated heterocycles. The Morgan fingerprint density at radius 1 is 0.852 bits per heavy atom. The predicted octanol–water partition coefficient (Wildman–Crippen LogP) is 7.14. The lowest BCUT2D eigenvalue weighted by Gasteiger charge is -2.22. The highest BCUT2D eigenvalue weighted by atomic mass is 16.5. The van der Waals surface area contributed by atoms with Crippen LogP contribution in [0.25, 0.3) is 0 Å². The number of ether oxygens (including phenoxy) is 1. The van der Waals surface area contributed by atoms with E-state index < -0.39 is 0 Å². The first kappa shape index (κ1) is 23.7. The van der Waals surface area contributed by atoms with Gasteiger partial charge in [0.1, 0.15) is 0 Å². The zero-order valence-electron chi connectivity index (χ0n) is 18.7.